The summed E-state index contributed by atoms with van der Waals surface area (Å²) in [6.07, 6.45) is 1.05. The summed E-state index contributed by atoms with van der Waals surface area (Å²) in [5, 5.41) is 6.87. The summed E-state index contributed by atoms with van der Waals surface area (Å²) >= 11 is 0. The van der Waals surface area contributed by atoms with E-state index in [1.807, 2.05) is 0 Å². The van der Waals surface area contributed by atoms with Crippen LogP contribution in [0.15, 0.2) is 29.3 Å². The molecule has 0 radical (unpaired) electrons. The van der Waals surface area contributed by atoms with Gasteiger partial charge in [0.25, 0.3) is 0 Å². The first-order chi connectivity index (χ1) is 14.6. The second-order valence-corrected chi connectivity index (χ2v) is 7.87. The van der Waals surface area contributed by atoms with Gasteiger partial charge in [-0.3, -0.25) is 9.89 Å². The summed E-state index contributed by atoms with van der Waals surface area (Å²) in [5.41, 5.74) is 2.62. The first kappa shape index (κ1) is 28.1. The summed E-state index contributed by atoms with van der Waals surface area (Å²) < 4.78 is 10.7. The van der Waals surface area contributed by atoms with Crippen LogP contribution in [-0.2, 0) is 9.47 Å². The van der Waals surface area contributed by atoms with Crippen molar-refractivity contribution in [2.24, 2.45) is 4.99 Å². The molecular formula is C23H42IN5O2. The average molecular weight is 548 g/mol. The number of rotatable bonds is 12. The molecule has 0 bridgehead atoms. The fourth-order valence-electron chi connectivity index (χ4n) is 3.67. The zero-order valence-corrected chi connectivity index (χ0v) is 22.1. The second-order valence-electron chi connectivity index (χ2n) is 7.87. The molecule has 1 unspecified atom stereocenters. The number of hydrogen-bond donors (Lipinski definition) is 2. The number of likely N-dealkylation sites (N-methyl/N-ethyl adjacent to an activating group) is 1. The lowest BCUT2D eigenvalue weighted by atomic mass is 10.0. The Hall–Kier alpha value is -0.940. The highest BCUT2D eigenvalue weighted by molar-refractivity contribution is 14.0. The molecule has 178 valence electrons. The summed E-state index contributed by atoms with van der Waals surface area (Å²) in [6.45, 7) is 13.0. The smallest absolute Gasteiger partial charge is 0.191 e. The van der Waals surface area contributed by atoms with Crippen LogP contribution in [0, 0.1) is 6.92 Å². The van der Waals surface area contributed by atoms with Crippen LogP contribution in [0.5, 0.6) is 0 Å². The van der Waals surface area contributed by atoms with Gasteiger partial charge < -0.3 is 25.0 Å². The second kappa shape index (κ2) is 16.7. The Morgan fingerprint density at radius 2 is 2.03 bits per heavy atom. The molecule has 0 amide bonds. The molecular weight excluding hydrogens is 505 g/mol. The standard InChI is InChI=1S/C23H41N5O2.HI/c1-5-24-23(25-10-12-27(3)11-7-15-29-4)26-19-22(28-13-16-30-17-14-28)21-9-6-8-20(2)18-21;/h6,8-9,18,22H,5,7,10-17,19H2,1-4H3,(H2,24,25,26);1H. The van der Waals surface area contributed by atoms with Gasteiger partial charge >= 0.3 is 0 Å². The van der Waals surface area contributed by atoms with Crippen LogP contribution in [0.25, 0.3) is 0 Å². The molecule has 8 heteroatoms. The molecule has 0 aromatic heterocycles. The fraction of sp³-hybridized carbons (Fsp3) is 0.696. The van der Waals surface area contributed by atoms with Crippen LogP contribution in [0.3, 0.4) is 0 Å². The van der Waals surface area contributed by atoms with Gasteiger partial charge in [-0.1, -0.05) is 29.8 Å². The maximum atomic E-state index is 5.57. The van der Waals surface area contributed by atoms with Gasteiger partial charge in [0.15, 0.2) is 5.96 Å². The third-order valence-corrected chi connectivity index (χ3v) is 5.35. The van der Waals surface area contributed by atoms with Crippen LogP contribution in [0.4, 0.5) is 0 Å². The lowest BCUT2D eigenvalue weighted by Gasteiger charge is -2.34. The van der Waals surface area contributed by atoms with E-state index in [2.05, 4.69) is 65.6 Å². The van der Waals surface area contributed by atoms with E-state index in [0.29, 0.717) is 0 Å². The predicted octanol–water partition coefficient (Wildman–Crippen LogP) is 2.51. The van der Waals surface area contributed by atoms with Crippen molar-refractivity contribution in [3.63, 3.8) is 0 Å². The predicted molar refractivity (Wildman–Crippen MR) is 140 cm³/mol. The Balaban J connectivity index is 0.00000480. The Bertz CT molecular complexity index is 626. The van der Waals surface area contributed by atoms with Crippen molar-refractivity contribution in [1.29, 1.82) is 0 Å². The number of ether oxygens (including phenoxy) is 2. The van der Waals surface area contributed by atoms with Crippen LogP contribution in [0.2, 0.25) is 0 Å². The first-order valence-corrected chi connectivity index (χ1v) is 11.2. The third-order valence-electron chi connectivity index (χ3n) is 5.35. The molecule has 7 nitrogen and oxygen atoms in total. The number of methoxy groups -OCH3 is 1. The molecule has 0 aliphatic carbocycles. The van der Waals surface area contributed by atoms with E-state index >= 15 is 0 Å². The third kappa shape index (κ3) is 11.0. The van der Waals surface area contributed by atoms with Gasteiger partial charge in [0.05, 0.1) is 25.8 Å². The Kier molecular flexibility index (Phi) is 15.1. The molecule has 1 aromatic rings. The largest absolute Gasteiger partial charge is 0.385 e. The molecule has 1 heterocycles. The first-order valence-electron chi connectivity index (χ1n) is 11.2. The van der Waals surface area contributed by atoms with E-state index < -0.39 is 0 Å². The molecule has 31 heavy (non-hydrogen) atoms. The van der Waals surface area contributed by atoms with Crippen molar-refractivity contribution in [2.45, 2.75) is 26.3 Å². The topological polar surface area (TPSA) is 61.4 Å². The van der Waals surface area contributed by atoms with Crippen molar-refractivity contribution in [3.8, 4) is 0 Å². The molecule has 1 fully saturated rings. The summed E-state index contributed by atoms with van der Waals surface area (Å²) in [6, 6.07) is 9.06. The number of hydrogen-bond acceptors (Lipinski definition) is 5. The summed E-state index contributed by atoms with van der Waals surface area (Å²) in [4.78, 5) is 9.75. The SMILES string of the molecule is CCNC(=NCC(c1cccc(C)c1)N1CCOCC1)NCCN(C)CCCOC.I. The Morgan fingerprint density at radius 1 is 1.26 bits per heavy atom. The molecule has 1 aromatic carbocycles. The van der Waals surface area contributed by atoms with Crippen LogP contribution in [-0.4, -0.2) is 95.6 Å². The lowest BCUT2D eigenvalue weighted by molar-refractivity contribution is 0.0179. The normalized spacial score (nSPS) is 16.1. The number of halogens is 1. The minimum Gasteiger partial charge on any atom is -0.385 e. The number of morpholine rings is 1. The molecule has 1 atom stereocenters. The van der Waals surface area contributed by atoms with E-state index in [1.54, 1.807) is 7.11 Å². The fourth-order valence-corrected chi connectivity index (χ4v) is 3.67. The van der Waals surface area contributed by atoms with Crippen molar-refractivity contribution in [3.05, 3.63) is 35.4 Å². The minimum absolute atomic E-state index is 0. The zero-order valence-electron chi connectivity index (χ0n) is 19.7. The average Bonchev–Trinajstić information content (AvgIpc) is 2.75. The molecule has 1 aliphatic heterocycles. The van der Waals surface area contributed by atoms with E-state index in [0.717, 1.165) is 78.0 Å². The van der Waals surface area contributed by atoms with E-state index in [4.69, 9.17) is 14.5 Å². The Labute approximate surface area is 206 Å². The molecule has 1 aliphatic rings. The van der Waals surface area contributed by atoms with Gasteiger partial charge in [0.1, 0.15) is 0 Å². The number of guanidine groups is 1. The summed E-state index contributed by atoms with van der Waals surface area (Å²) in [7, 11) is 3.90. The highest BCUT2D eigenvalue weighted by atomic mass is 127. The highest BCUT2D eigenvalue weighted by Crippen LogP contribution is 2.23. The van der Waals surface area contributed by atoms with Gasteiger partial charge in [0, 0.05) is 53.0 Å². The Morgan fingerprint density at radius 3 is 2.71 bits per heavy atom. The van der Waals surface area contributed by atoms with Crippen molar-refractivity contribution >= 4 is 29.9 Å². The van der Waals surface area contributed by atoms with E-state index in [9.17, 15) is 0 Å². The maximum Gasteiger partial charge on any atom is 0.191 e. The van der Waals surface area contributed by atoms with Crippen LogP contribution in [0.1, 0.15) is 30.5 Å². The van der Waals surface area contributed by atoms with Crippen LogP contribution >= 0.6 is 24.0 Å². The highest BCUT2D eigenvalue weighted by Gasteiger charge is 2.22. The van der Waals surface area contributed by atoms with Crippen molar-refractivity contribution in [1.82, 2.24) is 20.4 Å². The lowest BCUT2D eigenvalue weighted by Crippen LogP contribution is -2.43. The monoisotopic (exact) mass is 547 g/mol. The van der Waals surface area contributed by atoms with Gasteiger partial charge in [-0.15, -0.1) is 24.0 Å². The zero-order chi connectivity index (χ0) is 21.6. The number of aryl methyl sites for hydroxylation is 1. The number of aliphatic imine (C=N–C) groups is 1. The number of benzene rings is 1. The van der Waals surface area contributed by atoms with E-state index in [1.165, 1.54) is 11.1 Å². The van der Waals surface area contributed by atoms with Crippen molar-refractivity contribution in [2.75, 3.05) is 79.8 Å². The molecule has 2 rings (SSSR count). The van der Waals surface area contributed by atoms with Gasteiger partial charge in [-0.05, 0) is 32.9 Å². The van der Waals surface area contributed by atoms with Gasteiger partial charge in [-0.25, -0.2) is 0 Å². The van der Waals surface area contributed by atoms with Crippen LogP contribution < -0.4 is 10.6 Å². The number of nitrogens with one attached hydrogen (secondary N) is 2. The summed E-state index contributed by atoms with van der Waals surface area (Å²) in [5.74, 6) is 0.883. The van der Waals surface area contributed by atoms with Gasteiger partial charge in [0.2, 0.25) is 0 Å². The molecule has 0 spiro atoms. The maximum absolute atomic E-state index is 5.57. The molecule has 2 N–H and O–H groups in total. The quantitative estimate of drug-likeness (QED) is 0.182. The van der Waals surface area contributed by atoms with Gasteiger partial charge in [-0.2, -0.15) is 0 Å². The molecule has 0 saturated carbocycles. The van der Waals surface area contributed by atoms with E-state index in [-0.39, 0.29) is 30.0 Å². The minimum atomic E-state index is 0. The number of nitrogens with zero attached hydrogens (tertiary/aromatic N) is 3. The molecule has 1 saturated heterocycles. The van der Waals surface area contributed by atoms with Crippen molar-refractivity contribution < 1.29 is 9.47 Å².